The number of carbonyl (C=O) groups is 1. The molecule has 0 fully saturated rings. The minimum Gasteiger partial charge on any atom is -0.397 e. The minimum atomic E-state index is -0.0826. The van der Waals surface area contributed by atoms with Crippen LogP contribution in [0.1, 0.15) is 11.5 Å². The van der Waals surface area contributed by atoms with Crippen LogP contribution in [0.2, 0.25) is 0 Å². The van der Waals surface area contributed by atoms with Crippen molar-refractivity contribution in [3.05, 3.63) is 54.1 Å². The first-order valence-electron chi connectivity index (χ1n) is 6.52. The number of hydrogen-bond donors (Lipinski definition) is 1. The van der Waals surface area contributed by atoms with Gasteiger partial charge in [-0.3, -0.25) is 4.79 Å². The minimum absolute atomic E-state index is 0.0826. The Morgan fingerprint density at radius 2 is 1.90 bits per heavy atom. The van der Waals surface area contributed by atoms with Gasteiger partial charge in [0.1, 0.15) is 0 Å². The molecule has 3 nitrogen and oxygen atoms in total. The number of likely N-dealkylation sites (N-methyl/N-ethyl adjacent to an activating group) is 1. The van der Waals surface area contributed by atoms with E-state index in [0.717, 1.165) is 17.0 Å². The number of rotatable bonds is 2. The van der Waals surface area contributed by atoms with Gasteiger partial charge in [-0.15, -0.1) is 11.8 Å². The van der Waals surface area contributed by atoms with Gasteiger partial charge >= 0.3 is 0 Å². The number of nitrogens with zero attached hydrogens (tertiary/aromatic N) is 1. The molecule has 4 heteroatoms. The molecule has 2 aromatic carbocycles. The highest BCUT2D eigenvalue weighted by atomic mass is 32.2. The highest BCUT2D eigenvalue weighted by Gasteiger charge is 2.31. The van der Waals surface area contributed by atoms with Crippen molar-refractivity contribution in [1.82, 2.24) is 0 Å². The Hall–Kier alpha value is -1.94. The van der Waals surface area contributed by atoms with E-state index >= 15 is 0 Å². The predicted octanol–water partition coefficient (Wildman–Crippen LogP) is 3.12. The van der Waals surface area contributed by atoms with E-state index in [-0.39, 0.29) is 11.8 Å². The molecule has 0 bridgehead atoms. The molecule has 0 spiro atoms. The number of benzene rings is 2. The SMILES string of the molecule is CN(C(=O)C1CSc2ccccc21)c1ccccc1N. The van der Waals surface area contributed by atoms with E-state index in [1.807, 2.05) is 42.5 Å². The molecule has 1 heterocycles. The first-order valence-corrected chi connectivity index (χ1v) is 7.51. The third kappa shape index (κ3) is 2.16. The molecule has 0 radical (unpaired) electrons. The first kappa shape index (κ1) is 13.1. The summed E-state index contributed by atoms with van der Waals surface area (Å²) in [5.41, 5.74) is 8.48. The van der Waals surface area contributed by atoms with Gasteiger partial charge < -0.3 is 10.6 Å². The summed E-state index contributed by atoms with van der Waals surface area (Å²) in [7, 11) is 1.79. The Bertz CT molecular complexity index is 656. The van der Waals surface area contributed by atoms with Gasteiger partial charge in [0.2, 0.25) is 5.91 Å². The summed E-state index contributed by atoms with van der Waals surface area (Å²) in [6.45, 7) is 0. The van der Waals surface area contributed by atoms with E-state index < -0.39 is 0 Å². The lowest BCUT2D eigenvalue weighted by Crippen LogP contribution is -2.32. The maximum Gasteiger partial charge on any atom is 0.235 e. The summed E-state index contributed by atoms with van der Waals surface area (Å²) < 4.78 is 0. The lowest BCUT2D eigenvalue weighted by molar-refractivity contribution is -0.119. The molecule has 1 aliphatic heterocycles. The van der Waals surface area contributed by atoms with Crippen molar-refractivity contribution in [2.24, 2.45) is 0 Å². The topological polar surface area (TPSA) is 46.3 Å². The van der Waals surface area contributed by atoms with Crippen LogP contribution >= 0.6 is 11.8 Å². The third-order valence-corrected chi connectivity index (χ3v) is 4.81. The van der Waals surface area contributed by atoms with Gasteiger partial charge in [-0.25, -0.2) is 0 Å². The molecule has 102 valence electrons. The summed E-state index contributed by atoms with van der Waals surface area (Å²) in [5.74, 6) is 0.816. The number of amides is 1. The Kier molecular flexibility index (Phi) is 3.40. The number of nitrogens with two attached hydrogens (primary N) is 1. The molecule has 1 aliphatic rings. The summed E-state index contributed by atoms with van der Waals surface area (Å²) in [4.78, 5) is 15.6. The van der Waals surface area contributed by atoms with Gasteiger partial charge in [0, 0.05) is 17.7 Å². The molecule has 0 aromatic heterocycles. The second kappa shape index (κ2) is 5.21. The monoisotopic (exact) mass is 284 g/mol. The second-order valence-electron chi connectivity index (χ2n) is 4.86. The van der Waals surface area contributed by atoms with E-state index in [0.29, 0.717) is 5.69 Å². The smallest absolute Gasteiger partial charge is 0.235 e. The fourth-order valence-electron chi connectivity index (χ4n) is 2.51. The van der Waals surface area contributed by atoms with Gasteiger partial charge in [0.05, 0.1) is 17.3 Å². The van der Waals surface area contributed by atoms with Crippen molar-refractivity contribution >= 4 is 29.0 Å². The molecule has 20 heavy (non-hydrogen) atoms. The molecule has 0 aliphatic carbocycles. The molecule has 2 N–H and O–H groups in total. The fraction of sp³-hybridized carbons (Fsp3) is 0.188. The Morgan fingerprint density at radius 3 is 2.70 bits per heavy atom. The van der Waals surface area contributed by atoms with Crippen LogP contribution in [0.4, 0.5) is 11.4 Å². The highest BCUT2D eigenvalue weighted by Crippen LogP contribution is 2.40. The zero-order chi connectivity index (χ0) is 14.1. The maximum atomic E-state index is 12.7. The second-order valence-corrected chi connectivity index (χ2v) is 5.92. The molecule has 0 saturated heterocycles. The predicted molar refractivity (Wildman–Crippen MR) is 84.2 cm³/mol. The van der Waals surface area contributed by atoms with E-state index in [4.69, 9.17) is 5.73 Å². The molecular formula is C16H16N2OS. The lowest BCUT2D eigenvalue weighted by Gasteiger charge is -2.22. The van der Waals surface area contributed by atoms with Crippen LogP contribution < -0.4 is 10.6 Å². The van der Waals surface area contributed by atoms with Crippen LogP contribution in [0.15, 0.2) is 53.4 Å². The third-order valence-electron chi connectivity index (χ3n) is 3.63. The molecular weight excluding hydrogens is 268 g/mol. The zero-order valence-electron chi connectivity index (χ0n) is 11.2. The number of hydrogen-bond acceptors (Lipinski definition) is 3. The lowest BCUT2D eigenvalue weighted by atomic mass is 9.99. The number of para-hydroxylation sites is 2. The van der Waals surface area contributed by atoms with E-state index in [1.165, 1.54) is 4.90 Å². The van der Waals surface area contributed by atoms with Gasteiger partial charge in [0.25, 0.3) is 0 Å². The molecule has 1 amide bonds. The van der Waals surface area contributed by atoms with Crippen LogP contribution in [0, 0.1) is 0 Å². The Morgan fingerprint density at radius 1 is 1.20 bits per heavy atom. The van der Waals surface area contributed by atoms with E-state index in [2.05, 4.69) is 6.07 Å². The van der Waals surface area contributed by atoms with Crippen LogP contribution in [-0.4, -0.2) is 18.7 Å². The average Bonchev–Trinajstić information content (AvgIpc) is 2.90. The fourth-order valence-corrected chi connectivity index (χ4v) is 3.73. The van der Waals surface area contributed by atoms with Crippen molar-refractivity contribution in [3.63, 3.8) is 0 Å². The number of thioether (sulfide) groups is 1. The number of anilines is 2. The summed E-state index contributed by atoms with van der Waals surface area (Å²) in [6.07, 6.45) is 0. The average molecular weight is 284 g/mol. The Labute approximate surface area is 122 Å². The van der Waals surface area contributed by atoms with Crippen molar-refractivity contribution in [2.75, 3.05) is 23.4 Å². The van der Waals surface area contributed by atoms with Gasteiger partial charge in [-0.05, 0) is 23.8 Å². The van der Waals surface area contributed by atoms with Crippen molar-refractivity contribution in [2.45, 2.75) is 10.8 Å². The van der Waals surface area contributed by atoms with Crippen LogP contribution in [0.25, 0.3) is 0 Å². The standard InChI is InChI=1S/C16H16N2OS/c1-18(14-8-4-3-7-13(14)17)16(19)12-10-20-15-9-5-2-6-11(12)15/h2-9,12H,10,17H2,1H3. The molecule has 3 rings (SSSR count). The molecule has 1 unspecified atom stereocenters. The quantitative estimate of drug-likeness (QED) is 0.862. The van der Waals surface area contributed by atoms with Crippen LogP contribution in [0.3, 0.4) is 0 Å². The van der Waals surface area contributed by atoms with E-state index in [1.54, 1.807) is 23.7 Å². The Balaban J connectivity index is 1.89. The van der Waals surface area contributed by atoms with Gasteiger partial charge in [-0.1, -0.05) is 30.3 Å². The summed E-state index contributed by atoms with van der Waals surface area (Å²) in [5, 5.41) is 0. The van der Waals surface area contributed by atoms with Crippen LogP contribution in [0.5, 0.6) is 0 Å². The molecule has 1 atom stereocenters. The molecule has 0 saturated carbocycles. The van der Waals surface area contributed by atoms with Crippen molar-refractivity contribution < 1.29 is 4.79 Å². The zero-order valence-corrected chi connectivity index (χ0v) is 12.1. The number of carbonyl (C=O) groups excluding carboxylic acids is 1. The van der Waals surface area contributed by atoms with E-state index in [9.17, 15) is 4.79 Å². The number of nitrogen functional groups attached to an aromatic ring is 1. The number of fused-ring (bicyclic) bond motifs is 1. The van der Waals surface area contributed by atoms with Gasteiger partial charge in [-0.2, -0.15) is 0 Å². The normalized spacial score (nSPS) is 16.8. The van der Waals surface area contributed by atoms with Crippen molar-refractivity contribution in [1.29, 1.82) is 0 Å². The summed E-state index contributed by atoms with van der Waals surface area (Å²) >= 11 is 1.74. The van der Waals surface area contributed by atoms with Crippen LogP contribution in [-0.2, 0) is 4.79 Å². The largest absolute Gasteiger partial charge is 0.397 e. The first-order chi connectivity index (χ1) is 9.68. The summed E-state index contributed by atoms with van der Waals surface area (Å²) in [6, 6.07) is 15.6. The maximum absolute atomic E-state index is 12.7. The highest BCUT2D eigenvalue weighted by molar-refractivity contribution is 7.99. The van der Waals surface area contributed by atoms with Crippen molar-refractivity contribution in [3.8, 4) is 0 Å². The van der Waals surface area contributed by atoms with Gasteiger partial charge in [0.15, 0.2) is 0 Å². The molecule has 2 aromatic rings.